The van der Waals surface area contributed by atoms with Crippen LogP contribution in [0.15, 0.2) is 11.6 Å². The van der Waals surface area contributed by atoms with E-state index in [1.807, 2.05) is 0 Å². The normalized spacial score (nSPS) is 16.7. The predicted molar refractivity (Wildman–Crippen MR) is 38.0 cm³/mol. The van der Waals surface area contributed by atoms with Crippen LogP contribution in [0.4, 0.5) is 0 Å². The molecule has 55 valence electrons. The second kappa shape index (κ2) is 3.40. The fourth-order valence-electron chi connectivity index (χ4n) is 1.13. The third-order valence-corrected chi connectivity index (χ3v) is 1.67. The molecule has 0 aliphatic heterocycles. The van der Waals surface area contributed by atoms with E-state index in [1.54, 1.807) is 0 Å². The average molecular weight is 139 g/mol. The van der Waals surface area contributed by atoms with Crippen LogP contribution in [0.5, 0.6) is 0 Å². The van der Waals surface area contributed by atoms with Gasteiger partial charge in [-0.05, 0) is 19.3 Å². The number of carbonyl (C=O) groups excluding carboxylic acids is 1. The minimum absolute atomic E-state index is 0.229. The summed E-state index contributed by atoms with van der Waals surface area (Å²) in [6, 6.07) is 0. The van der Waals surface area contributed by atoms with Crippen LogP contribution in [0.2, 0.25) is 0 Å². The summed E-state index contributed by atoms with van der Waals surface area (Å²) >= 11 is 0. The summed E-state index contributed by atoms with van der Waals surface area (Å²) in [7, 11) is 3.05. The molecule has 0 saturated carbocycles. The van der Waals surface area contributed by atoms with Crippen molar-refractivity contribution in [3.8, 4) is 0 Å². The number of rotatable bonds is 2. The molecule has 0 N–H and O–H groups in total. The molecule has 1 rings (SSSR count). The highest BCUT2D eigenvalue weighted by molar-refractivity contribution is 5.72. The highest BCUT2D eigenvalue weighted by Gasteiger charge is 2.08. The Hall–Kier alpha value is -0.790. The lowest BCUT2D eigenvalue weighted by Gasteiger charge is -1.97. The Morgan fingerprint density at radius 3 is 3.10 bits per heavy atom. The molecular weight excluding hydrogens is 128 g/mol. The first kappa shape index (κ1) is 7.32. The molecule has 0 aromatic rings. The monoisotopic (exact) mass is 139 g/mol. The van der Waals surface area contributed by atoms with Gasteiger partial charge < -0.3 is 4.74 Å². The Balaban J connectivity index is 2.30. The molecule has 1 aliphatic carbocycles. The lowest BCUT2D eigenvalue weighted by atomic mass is 10.2. The standard InChI is InChI=1S/C8H11O2/c1-10-8(9)6-7-4-2-3-5-7/h4H,1-3,5-6H2. The van der Waals surface area contributed by atoms with Gasteiger partial charge in [-0.2, -0.15) is 0 Å². The van der Waals surface area contributed by atoms with Crippen molar-refractivity contribution in [1.82, 2.24) is 0 Å². The summed E-state index contributed by atoms with van der Waals surface area (Å²) in [6.07, 6.45) is 5.88. The van der Waals surface area contributed by atoms with E-state index < -0.39 is 0 Å². The largest absolute Gasteiger partial charge is 0.462 e. The molecule has 1 aliphatic rings. The maximum absolute atomic E-state index is 10.6. The van der Waals surface area contributed by atoms with Crippen LogP contribution in [-0.4, -0.2) is 5.97 Å². The number of allylic oxidation sites excluding steroid dienone is 1. The van der Waals surface area contributed by atoms with E-state index in [0.29, 0.717) is 6.42 Å². The highest BCUT2D eigenvalue weighted by Crippen LogP contribution is 2.20. The van der Waals surface area contributed by atoms with Crippen molar-refractivity contribution < 1.29 is 9.53 Å². The molecule has 10 heavy (non-hydrogen) atoms. The van der Waals surface area contributed by atoms with Crippen LogP contribution in [0.25, 0.3) is 0 Å². The van der Waals surface area contributed by atoms with Crippen molar-refractivity contribution in [1.29, 1.82) is 0 Å². The van der Waals surface area contributed by atoms with Crippen LogP contribution in [-0.2, 0) is 9.53 Å². The van der Waals surface area contributed by atoms with Crippen molar-refractivity contribution in [3.63, 3.8) is 0 Å². The molecule has 0 fully saturated rings. The third-order valence-electron chi connectivity index (χ3n) is 1.67. The van der Waals surface area contributed by atoms with Gasteiger partial charge in [-0.1, -0.05) is 11.6 Å². The van der Waals surface area contributed by atoms with E-state index in [0.717, 1.165) is 12.8 Å². The molecule has 1 radical (unpaired) electrons. The lowest BCUT2D eigenvalue weighted by molar-refractivity contribution is -0.137. The van der Waals surface area contributed by atoms with Crippen molar-refractivity contribution in [2.75, 3.05) is 0 Å². The van der Waals surface area contributed by atoms with Gasteiger partial charge in [0.25, 0.3) is 0 Å². The molecule has 0 aromatic heterocycles. The Morgan fingerprint density at radius 1 is 1.80 bits per heavy atom. The van der Waals surface area contributed by atoms with E-state index in [-0.39, 0.29) is 5.97 Å². The van der Waals surface area contributed by atoms with Gasteiger partial charge in [-0.15, -0.1) is 0 Å². The van der Waals surface area contributed by atoms with E-state index in [9.17, 15) is 4.79 Å². The van der Waals surface area contributed by atoms with Crippen molar-refractivity contribution in [3.05, 3.63) is 18.8 Å². The molecule has 0 saturated heterocycles. The van der Waals surface area contributed by atoms with Crippen molar-refractivity contribution >= 4 is 5.97 Å². The van der Waals surface area contributed by atoms with Crippen molar-refractivity contribution in [2.45, 2.75) is 25.7 Å². The van der Waals surface area contributed by atoms with Crippen LogP contribution in [0, 0.1) is 7.11 Å². The average Bonchev–Trinajstić information content (AvgIpc) is 2.40. The Labute approximate surface area is 60.9 Å². The molecular formula is C8H11O2. The predicted octanol–water partition coefficient (Wildman–Crippen LogP) is 1.82. The van der Waals surface area contributed by atoms with Gasteiger partial charge in [-0.25, -0.2) is 0 Å². The summed E-state index contributed by atoms with van der Waals surface area (Å²) < 4.78 is 4.28. The van der Waals surface area contributed by atoms with Gasteiger partial charge in [0, 0.05) is 0 Å². The smallest absolute Gasteiger partial charge is 0.310 e. The fourth-order valence-corrected chi connectivity index (χ4v) is 1.13. The Kier molecular flexibility index (Phi) is 2.49. The summed E-state index contributed by atoms with van der Waals surface area (Å²) in [5.41, 5.74) is 1.20. The zero-order valence-corrected chi connectivity index (χ0v) is 5.93. The van der Waals surface area contributed by atoms with Gasteiger partial charge in [0.05, 0.1) is 6.42 Å². The van der Waals surface area contributed by atoms with Crippen LogP contribution in [0.1, 0.15) is 25.7 Å². The number of hydrogen-bond donors (Lipinski definition) is 0. The number of carbonyl (C=O) groups is 1. The lowest BCUT2D eigenvalue weighted by Crippen LogP contribution is -1.98. The van der Waals surface area contributed by atoms with Gasteiger partial charge in [0.1, 0.15) is 7.11 Å². The van der Waals surface area contributed by atoms with E-state index in [4.69, 9.17) is 0 Å². The molecule has 0 bridgehead atoms. The molecule has 0 unspecified atom stereocenters. The Morgan fingerprint density at radius 2 is 2.60 bits per heavy atom. The van der Waals surface area contributed by atoms with E-state index in [1.165, 1.54) is 12.0 Å². The fraction of sp³-hybridized carbons (Fsp3) is 0.500. The van der Waals surface area contributed by atoms with Gasteiger partial charge in [0.2, 0.25) is 0 Å². The SMILES string of the molecule is [CH2]OC(=O)CC1=CCCC1. The van der Waals surface area contributed by atoms with Gasteiger partial charge >= 0.3 is 5.97 Å². The molecule has 0 atom stereocenters. The zero-order valence-electron chi connectivity index (χ0n) is 5.93. The summed E-state index contributed by atoms with van der Waals surface area (Å²) in [5, 5.41) is 0. The highest BCUT2D eigenvalue weighted by atomic mass is 16.5. The first-order chi connectivity index (χ1) is 4.83. The second-order valence-electron chi connectivity index (χ2n) is 2.45. The first-order valence-electron chi connectivity index (χ1n) is 3.45. The quantitative estimate of drug-likeness (QED) is 0.431. The number of ether oxygens (including phenoxy) is 1. The topological polar surface area (TPSA) is 26.3 Å². The first-order valence-corrected chi connectivity index (χ1v) is 3.45. The molecule has 0 spiro atoms. The third kappa shape index (κ3) is 1.87. The number of hydrogen-bond acceptors (Lipinski definition) is 2. The molecule has 0 amide bonds. The molecule has 0 aromatic carbocycles. The maximum Gasteiger partial charge on any atom is 0.310 e. The van der Waals surface area contributed by atoms with Gasteiger partial charge in [0.15, 0.2) is 0 Å². The second-order valence-corrected chi connectivity index (χ2v) is 2.45. The minimum Gasteiger partial charge on any atom is -0.462 e. The molecule has 2 heteroatoms. The van der Waals surface area contributed by atoms with E-state index >= 15 is 0 Å². The zero-order chi connectivity index (χ0) is 7.40. The van der Waals surface area contributed by atoms with Gasteiger partial charge in [-0.3, -0.25) is 4.79 Å². The Bertz CT molecular complexity index is 159. The summed E-state index contributed by atoms with van der Waals surface area (Å²) in [5.74, 6) is -0.229. The number of esters is 1. The molecule has 2 nitrogen and oxygen atoms in total. The molecule has 0 heterocycles. The van der Waals surface area contributed by atoms with Crippen LogP contribution < -0.4 is 0 Å². The summed E-state index contributed by atoms with van der Waals surface area (Å²) in [4.78, 5) is 10.6. The summed E-state index contributed by atoms with van der Waals surface area (Å²) in [6.45, 7) is 0. The van der Waals surface area contributed by atoms with Crippen LogP contribution in [0.3, 0.4) is 0 Å². The van der Waals surface area contributed by atoms with Crippen LogP contribution >= 0.6 is 0 Å². The van der Waals surface area contributed by atoms with Crippen molar-refractivity contribution in [2.24, 2.45) is 0 Å². The maximum atomic E-state index is 10.6. The van der Waals surface area contributed by atoms with E-state index in [2.05, 4.69) is 17.9 Å². The minimum atomic E-state index is -0.229.